The van der Waals surface area contributed by atoms with Crippen molar-refractivity contribution >= 4 is 5.91 Å². The monoisotopic (exact) mass is 268 g/mol. The molecule has 112 valence electrons. The first kappa shape index (κ1) is 16.5. The van der Waals surface area contributed by atoms with Gasteiger partial charge in [-0.2, -0.15) is 0 Å². The molecule has 1 rings (SSSR count). The van der Waals surface area contributed by atoms with Crippen LogP contribution in [0.5, 0.6) is 0 Å². The molecular formula is C16H32N2O. The Hall–Kier alpha value is -0.570. The summed E-state index contributed by atoms with van der Waals surface area (Å²) < 4.78 is 0. The molecule has 0 unspecified atom stereocenters. The van der Waals surface area contributed by atoms with Crippen LogP contribution in [-0.4, -0.2) is 37.0 Å². The van der Waals surface area contributed by atoms with E-state index in [-0.39, 0.29) is 0 Å². The zero-order valence-corrected chi connectivity index (χ0v) is 13.2. The average Bonchev–Trinajstić information content (AvgIpc) is 2.42. The Morgan fingerprint density at radius 2 is 1.84 bits per heavy atom. The van der Waals surface area contributed by atoms with E-state index in [1.165, 1.54) is 25.7 Å². The Bertz CT molecular complexity index is 257. The molecule has 1 N–H and O–H groups in total. The summed E-state index contributed by atoms with van der Waals surface area (Å²) in [6, 6.07) is 1.13. The van der Waals surface area contributed by atoms with E-state index in [2.05, 4.69) is 19.2 Å². The second-order valence-electron chi connectivity index (χ2n) is 6.44. The predicted molar refractivity (Wildman–Crippen MR) is 81.2 cm³/mol. The van der Waals surface area contributed by atoms with Gasteiger partial charge in [0, 0.05) is 25.6 Å². The highest BCUT2D eigenvalue weighted by Gasteiger charge is 2.25. The molecular weight excluding hydrogens is 236 g/mol. The standard InChI is InChI=1S/C16H32N2O/c1-13(2)7-5-6-8-16(19)18(4)15-11-9-14(17-3)10-12-15/h13-15,17H,5-12H2,1-4H3. The Morgan fingerprint density at radius 1 is 1.21 bits per heavy atom. The van der Waals surface area contributed by atoms with Gasteiger partial charge in [0.15, 0.2) is 0 Å². The maximum Gasteiger partial charge on any atom is 0.222 e. The first-order valence-corrected chi connectivity index (χ1v) is 7.97. The highest BCUT2D eigenvalue weighted by molar-refractivity contribution is 5.76. The fraction of sp³-hybridized carbons (Fsp3) is 0.938. The van der Waals surface area contributed by atoms with Gasteiger partial charge in [-0.25, -0.2) is 0 Å². The van der Waals surface area contributed by atoms with Gasteiger partial charge in [0.2, 0.25) is 5.91 Å². The van der Waals surface area contributed by atoms with E-state index in [9.17, 15) is 4.79 Å². The second-order valence-corrected chi connectivity index (χ2v) is 6.44. The lowest BCUT2D eigenvalue weighted by Crippen LogP contribution is -2.42. The van der Waals surface area contributed by atoms with Crippen LogP contribution in [0.15, 0.2) is 0 Å². The SMILES string of the molecule is CNC1CCC(N(C)C(=O)CCCCC(C)C)CC1. The highest BCUT2D eigenvalue weighted by Crippen LogP contribution is 2.23. The van der Waals surface area contributed by atoms with Crippen LogP contribution in [0.25, 0.3) is 0 Å². The zero-order valence-electron chi connectivity index (χ0n) is 13.2. The van der Waals surface area contributed by atoms with Gasteiger partial charge in [0.1, 0.15) is 0 Å². The Morgan fingerprint density at radius 3 is 2.37 bits per heavy atom. The van der Waals surface area contributed by atoms with Crippen LogP contribution in [0.1, 0.15) is 65.2 Å². The van der Waals surface area contributed by atoms with Crippen molar-refractivity contribution in [3.05, 3.63) is 0 Å². The van der Waals surface area contributed by atoms with E-state index in [4.69, 9.17) is 0 Å². The fourth-order valence-corrected chi connectivity index (χ4v) is 2.96. The van der Waals surface area contributed by atoms with Gasteiger partial charge in [0.25, 0.3) is 0 Å². The lowest BCUT2D eigenvalue weighted by atomic mass is 9.90. The number of hydrogen-bond donors (Lipinski definition) is 1. The molecule has 1 aliphatic rings. The van der Waals surface area contributed by atoms with Crippen molar-refractivity contribution in [3.8, 4) is 0 Å². The maximum absolute atomic E-state index is 12.1. The van der Waals surface area contributed by atoms with Crippen LogP contribution in [0.2, 0.25) is 0 Å². The molecule has 0 spiro atoms. The summed E-state index contributed by atoms with van der Waals surface area (Å²) in [5.41, 5.74) is 0. The summed E-state index contributed by atoms with van der Waals surface area (Å²) in [5.74, 6) is 1.10. The van der Waals surface area contributed by atoms with Crippen LogP contribution < -0.4 is 5.32 Å². The zero-order chi connectivity index (χ0) is 14.3. The van der Waals surface area contributed by atoms with Crippen LogP contribution >= 0.6 is 0 Å². The Labute approximate surface area is 119 Å². The molecule has 0 aromatic heterocycles. The molecule has 1 fully saturated rings. The van der Waals surface area contributed by atoms with E-state index < -0.39 is 0 Å². The number of unbranched alkanes of at least 4 members (excludes halogenated alkanes) is 1. The van der Waals surface area contributed by atoms with Crippen molar-refractivity contribution in [3.63, 3.8) is 0 Å². The van der Waals surface area contributed by atoms with Crippen molar-refractivity contribution in [1.29, 1.82) is 0 Å². The van der Waals surface area contributed by atoms with Gasteiger partial charge in [-0.05, 0) is 45.1 Å². The van der Waals surface area contributed by atoms with Crippen molar-refractivity contribution in [2.24, 2.45) is 5.92 Å². The lowest BCUT2D eigenvalue weighted by Gasteiger charge is -2.34. The molecule has 1 aliphatic carbocycles. The summed E-state index contributed by atoms with van der Waals surface area (Å²) in [5, 5.41) is 3.34. The molecule has 0 atom stereocenters. The lowest BCUT2D eigenvalue weighted by molar-refractivity contribution is -0.132. The largest absolute Gasteiger partial charge is 0.343 e. The van der Waals surface area contributed by atoms with Crippen LogP contribution in [0.4, 0.5) is 0 Å². The normalized spacial score (nSPS) is 23.6. The minimum Gasteiger partial charge on any atom is -0.343 e. The molecule has 0 heterocycles. The topological polar surface area (TPSA) is 32.3 Å². The first-order chi connectivity index (χ1) is 9.04. The average molecular weight is 268 g/mol. The first-order valence-electron chi connectivity index (χ1n) is 7.97. The van der Waals surface area contributed by atoms with E-state index in [0.29, 0.717) is 18.0 Å². The number of carbonyl (C=O) groups excluding carboxylic acids is 1. The minimum absolute atomic E-state index is 0.344. The quantitative estimate of drug-likeness (QED) is 0.719. The van der Waals surface area contributed by atoms with Crippen LogP contribution in [0, 0.1) is 5.92 Å². The summed E-state index contributed by atoms with van der Waals surface area (Å²) >= 11 is 0. The second kappa shape index (κ2) is 8.57. The summed E-state index contributed by atoms with van der Waals surface area (Å²) in [7, 11) is 4.03. The molecule has 1 amide bonds. The van der Waals surface area contributed by atoms with Crippen molar-refractivity contribution in [2.75, 3.05) is 14.1 Å². The molecule has 1 saturated carbocycles. The third-order valence-electron chi connectivity index (χ3n) is 4.47. The van der Waals surface area contributed by atoms with Gasteiger partial charge in [-0.15, -0.1) is 0 Å². The third kappa shape index (κ3) is 5.94. The molecule has 0 bridgehead atoms. The molecule has 3 heteroatoms. The smallest absolute Gasteiger partial charge is 0.222 e. The number of rotatable bonds is 7. The highest BCUT2D eigenvalue weighted by atomic mass is 16.2. The van der Waals surface area contributed by atoms with Crippen molar-refractivity contribution in [1.82, 2.24) is 10.2 Å². The van der Waals surface area contributed by atoms with E-state index in [1.807, 2.05) is 19.0 Å². The van der Waals surface area contributed by atoms with Gasteiger partial charge < -0.3 is 10.2 Å². The van der Waals surface area contributed by atoms with Gasteiger partial charge in [-0.1, -0.05) is 26.7 Å². The molecule has 3 nitrogen and oxygen atoms in total. The fourth-order valence-electron chi connectivity index (χ4n) is 2.96. The number of nitrogens with zero attached hydrogens (tertiary/aromatic N) is 1. The Balaban J connectivity index is 2.21. The summed E-state index contributed by atoms with van der Waals surface area (Å²) in [4.78, 5) is 14.2. The Kier molecular flexibility index (Phi) is 7.44. The molecule has 19 heavy (non-hydrogen) atoms. The predicted octanol–water partition coefficient (Wildman–Crippen LogP) is 3.19. The maximum atomic E-state index is 12.1. The van der Waals surface area contributed by atoms with Gasteiger partial charge in [0.05, 0.1) is 0 Å². The van der Waals surface area contributed by atoms with E-state index in [0.717, 1.165) is 31.6 Å². The number of hydrogen-bond acceptors (Lipinski definition) is 2. The minimum atomic E-state index is 0.344. The van der Waals surface area contributed by atoms with Crippen LogP contribution in [0.3, 0.4) is 0 Å². The molecule has 0 aromatic carbocycles. The summed E-state index contributed by atoms with van der Waals surface area (Å²) in [6.45, 7) is 4.49. The molecule has 0 aliphatic heterocycles. The van der Waals surface area contributed by atoms with Crippen molar-refractivity contribution < 1.29 is 4.79 Å². The number of amides is 1. The number of nitrogens with one attached hydrogen (secondary N) is 1. The third-order valence-corrected chi connectivity index (χ3v) is 4.47. The molecule has 0 radical (unpaired) electrons. The van der Waals surface area contributed by atoms with Gasteiger partial charge >= 0.3 is 0 Å². The molecule has 0 saturated heterocycles. The van der Waals surface area contributed by atoms with E-state index in [1.54, 1.807) is 0 Å². The van der Waals surface area contributed by atoms with Gasteiger partial charge in [-0.3, -0.25) is 4.79 Å². The van der Waals surface area contributed by atoms with Crippen molar-refractivity contribution in [2.45, 2.75) is 77.3 Å². The molecule has 0 aromatic rings. The van der Waals surface area contributed by atoms with Crippen LogP contribution in [-0.2, 0) is 4.79 Å². The summed E-state index contributed by atoms with van der Waals surface area (Å²) in [6.07, 6.45) is 8.91. The van der Waals surface area contributed by atoms with E-state index >= 15 is 0 Å². The number of carbonyl (C=O) groups is 1.